The number of ether oxygens (including phenoxy) is 1. The van der Waals surface area contributed by atoms with Crippen molar-refractivity contribution < 1.29 is 9.38 Å². The molecule has 0 saturated carbocycles. The van der Waals surface area contributed by atoms with E-state index in [1.165, 1.54) is 0 Å². The molecular formula is C9H16N2O2. The molecule has 74 valence electrons. The highest BCUT2D eigenvalue weighted by atomic mass is 16.6. The largest absolute Gasteiger partial charge is 0.617 e. The first kappa shape index (κ1) is 10.5. The molecule has 0 amide bonds. The minimum Gasteiger partial charge on any atom is -0.617 e. The Kier molecular flexibility index (Phi) is 3.26. The van der Waals surface area contributed by atoms with Gasteiger partial charge in [-0.25, -0.2) is 0 Å². The molecule has 0 aromatic heterocycles. The summed E-state index contributed by atoms with van der Waals surface area (Å²) in [7, 11) is 0. The minimum absolute atomic E-state index is 0.0417. The number of quaternary nitrogens is 1. The van der Waals surface area contributed by atoms with Gasteiger partial charge in [-0.1, -0.05) is 13.8 Å². The molecular weight excluding hydrogens is 168 g/mol. The van der Waals surface area contributed by atoms with Gasteiger partial charge < -0.3 is 9.94 Å². The first-order chi connectivity index (χ1) is 6.16. The van der Waals surface area contributed by atoms with Crippen LogP contribution in [0.3, 0.4) is 0 Å². The van der Waals surface area contributed by atoms with Crippen LogP contribution < -0.4 is 0 Å². The van der Waals surface area contributed by atoms with Crippen molar-refractivity contribution in [3.05, 3.63) is 5.21 Å². The van der Waals surface area contributed by atoms with Gasteiger partial charge >= 0.3 is 6.19 Å². The van der Waals surface area contributed by atoms with Gasteiger partial charge in [-0.05, 0) is 6.42 Å². The van der Waals surface area contributed by atoms with Crippen molar-refractivity contribution in [2.45, 2.75) is 38.8 Å². The second kappa shape index (κ2) is 4.05. The van der Waals surface area contributed by atoms with Crippen molar-refractivity contribution in [3.63, 3.8) is 0 Å². The fourth-order valence-electron chi connectivity index (χ4n) is 1.65. The van der Waals surface area contributed by atoms with E-state index in [-0.39, 0.29) is 18.7 Å². The third-order valence-electron chi connectivity index (χ3n) is 2.68. The van der Waals surface area contributed by atoms with Crippen LogP contribution in [0.1, 0.15) is 26.7 Å². The molecule has 0 N–H and O–H groups in total. The van der Waals surface area contributed by atoms with E-state index in [9.17, 15) is 5.21 Å². The second-order valence-electron chi connectivity index (χ2n) is 3.50. The van der Waals surface area contributed by atoms with Crippen molar-refractivity contribution >= 4 is 0 Å². The quantitative estimate of drug-likeness (QED) is 0.370. The summed E-state index contributed by atoms with van der Waals surface area (Å²) in [6.45, 7) is 4.60. The molecule has 4 nitrogen and oxygen atoms in total. The highest BCUT2D eigenvalue weighted by molar-refractivity contribution is 4.75. The lowest BCUT2D eigenvalue weighted by atomic mass is 10.1. The topological polar surface area (TPSA) is 56.1 Å². The van der Waals surface area contributed by atoms with Crippen LogP contribution in [0.25, 0.3) is 0 Å². The molecule has 1 rings (SSSR count). The lowest BCUT2D eigenvalue weighted by Gasteiger charge is -2.45. The third-order valence-corrected chi connectivity index (χ3v) is 2.68. The molecule has 1 fully saturated rings. The van der Waals surface area contributed by atoms with Gasteiger partial charge in [0.1, 0.15) is 25.3 Å². The van der Waals surface area contributed by atoms with Crippen LogP contribution in [-0.2, 0) is 4.74 Å². The number of hydroxylamine groups is 3. The van der Waals surface area contributed by atoms with E-state index in [1.807, 2.05) is 20.0 Å². The van der Waals surface area contributed by atoms with E-state index in [2.05, 4.69) is 0 Å². The monoisotopic (exact) mass is 184 g/mol. The summed E-state index contributed by atoms with van der Waals surface area (Å²) in [5.41, 5.74) is 0. The Morgan fingerprint density at radius 2 is 2.23 bits per heavy atom. The average molecular weight is 184 g/mol. The molecule has 1 saturated heterocycles. The lowest BCUT2D eigenvalue weighted by molar-refractivity contribution is -0.856. The summed E-state index contributed by atoms with van der Waals surface area (Å²) in [6.07, 6.45) is 3.31. The molecule has 3 unspecified atom stereocenters. The SMILES string of the molecule is CCC1C[N+]([O-])(C#N)C(CC)CO1. The molecule has 1 aliphatic rings. The van der Waals surface area contributed by atoms with Gasteiger partial charge in [-0.15, -0.1) is 5.26 Å². The van der Waals surface area contributed by atoms with E-state index >= 15 is 0 Å². The van der Waals surface area contributed by atoms with Crippen LogP contribution in [0, 0.1) is 16.7 Å². The first-order valence-electron chi connectivity index (χ1n) is 4.78. The van der Waals surface area contributed by atoms with E-state index < -0.39 is 4.65 Å². The molecule has 0 aromatic rings. The average Bonchev–Trinajstić information content (AvgIpc) is 2.17. The molecule has 1 heterocycles. The maximum Gasteiger partial charge on any atom is 0.309 e. The van der Waals surface area contributed by atoms with Crippen molar-refractivity contribution in [2.75, 3.05) is 13.2 Å². The summed E-state index contributed by atoms with van der Waals surface area (Å²) < 4.78 is 4.72. The number of nitriles is 1. The summed E-state index contributed by atoms with van der Waals surface area (Å²) in [5.74, 6) is 0. The normalized spacial score (nSPS) is 39.8. The van der Waals surface area contributed by atoms with Crippen molar-refractivity contribution in [1.82, 2.24) is 0 Å². The zero-order chi connectivity index (χ0) is 9.90. The molecule has 0 radical (unpaired) electrons. The van der Waals surface area contributed by atoms with Crippen LogP contribution in [0.15, 0.2) is 0 Å². The number of rotatable bonds is 2. The van der Waals surface area contributed by atoms with Gasteiger partial charge in [0.15, 0.2) is 0 Å². The van der Waals surface area contributed by atoms with Crippen LogP contribution in [0.2, 0.25) is 0 Å². The predicted molar refractivity (Wildman–Crippen MR) is 48.2 cm³/mol. The van der Waals surface area contributed by atoms with E-state index in [0.717, 1.165) is 6.42 Å². The predicted octanol–water partition coefficient (Wildman–Crippen LogP) is 1.37. The maximum absolute atomic E-state index is 11.9. The number of hydrogen-bond donors (Lipinski definition) is 0. The Bertz CT molecular complexity index is 214. The summed E-state index contributed by atoms with van der Waals surface area (Å²) in [4.78, 5) is 0. The van der Waals surface area contributed by atoms with Crippen molar-refractivity contribution in [3.8, 4) is 6.19 Å². The van der Waals surface area contributed by atoms with Crippen LogP contribution >= 0.6 is 0 Å². The molecule has 0 spiro atoms. The Labute approximate surface area is 78.9 Å². The molecule has 1 aliphatic heterocycles. The van der Waals surface area contributed by atoms with Crippen LogP contribution in [0.5, 0.6) is 0 Å². The molecule has 4 heteroatoms. The highest BCUT2D eigenvalue weighted by Gasteiger charge is 2.36. The van der Waals surface area contributed by atoms with E-state index in [0.29, 0.717) is 13.0 Å². The van der Waals surface area contributed by atoms with Gasteiger partial charge in [-0.3, -0.25) is 4.65 Å². The van der Waals surface area contributed by atoms with Crippen molar-refractivity contribution in [1.29, 1.82) is 5.26 Å². The smallest absolute Gasteiger partial charge is 0.309 e. The zero-order valence-electron chi connectivity index (χ0n) is 8.19. The molecule has 3 atom stereocenters. The molecule has 13 heavy (non-hydrogen) atoms. The number of hydrogen-bond acceptors (Lipinski definition) is 3. The lowest BCUT2D eigenvalue weighted by Crippen LogP contribution is -2.57. The Balaban J connectivity index is 2.70. The molecule has 0 aliphatic carbocycles. The van der Waals surface area contributed by atoms with Gasteiger partial charge in [-0.2, -0.15) is 0 Å². The van der Waals surface area contributed by atoms with E-state index in [1.54, 1.807) is 0 Å². The van der Waals surface area contributed by atoms with Crippen molar-refractivity contribution in [2.24, 2.45) is 0 Å². The first-order valence-corrected chi connectivity index (χ1v) is 4.78. The Morgan fingerprint density at radius 1 is 1.54 bits per heavy atom. The summed E-state index contributed by atoms with van der Waals surface area (Å²) >= 11 is 0. The zero-order valence-corrected chi connectivity index (χ0v) is 8.19. The molecule has 0 bridgehead atoms. The summed E-state index contributed by atoms with van der Waals surface area (Å²) in [6, 6.07) is -0.201. The van der Waals surface area contributed by atoms with E-state index in [4.69, 9.17) is 10.00 Å². The fourth-order valence-corrected chi connectivity index (χ4v) is 1.65. The minimum atomic E-state index is -0.741. The highest BCUT2D eigenvalue weighted by Crippen LogP contribution is 2.22. The third kappa shape index (κ3) is 1.99. The second-order valence-corrected chi connectivity index (χ2v) is 3.50. The van der Waals surface area contributed by atoms with Gasteiger partial charge in [0, 0.05) is 6.42 Å². The van der Waals surface area contributed by atoms with Crippen LogP contribution in [-0.4, -0.2) is 29.9 Å². The van der Waals surface area contributed by atoms with Crippen LogP contribution in [0.4, 0.5) is 0 Å². The molecule has 0 aromatic carbocycles. The standard InChI is InChI=1S/C9H16N2O2/c1-3-8-6-13-9(4-2)5-11(8,12)7-10/h8-9H,3-6H2,1-2H3. The van der Waals surface area contributed by atoms with Gasteiger partial charge in [0.2, 0.25) is 0 Å². The fraction of sp³-hybridized carbons (Fsp3) is 0.889. The summed E-state index contributed by atoms with van der Waals surface area (Å²) in [5, 5.41) is 20.7. The maximum atomic E-state index is 11.9. The number of nitrogens with zero attached hydrogens (tertiary/aromatic N) is 2. The van der Waals surface area contributed by atoms with Gasteiger partial charge in [0.25, 0.3) is 0 Å². The Hall–Kier alpha value is -0.630. The van der Waals surface area contributed by atoms with Gasteiger partial charge in [0.05, 0.1) is 0 Å². The number of morpholine rings is 1. The Morgan fingerprint density at radius 3 is 2.69 bits per heavy atom.